The van der Waals surface area contributed by atoms with E-state index in [1.54, 1.807) is 27.7 Å². The molecule has 2 fully saturated rings. The molecule has 1 unspecified atom stereocenters. The molecule has 34 nitrogen and oxygen atoms in total. The largest absolute Gasteiger partial charge is 0.481 e. The number of aliphatic hydroxyl groups is 3. The number of carboxylic acid groups (broad SMARTS) is 2. The highest BCUT2D eigenvalue weighted by Gasteiger charge is 2.47. The van der Waals surface area contributed by atoms with E-state index in [1.807, 2.05) is 0 Å². The first-order chi connectivity index (χ1) is 42.9. The van der Waals surface area contributed by atoms with E-state index in [0.29, 0.717) is 0 Å². The smallest absolute Gasteiger partial charge is 0.329 e. The second kappa shape index (κ2) is 38.0. The van der Waals surface area contributed by atoms with Crippen molar-refractivity contribution in [3.63, 3.8) is 0 Å². The Kier molecular flexibility index (Phi) is 33.1. The molecule has 520 valence electrons. The van der Waals surface area contributed by atoms with Crippen LogP contribution >= 0.6 is 0 Å². The summed E-state index contributed by atoms with van der Waals surface area (Å²) in [6.07, 6.45) is -12.0. The fraction of sp³-hybridized carbons (Fsp3) is 0.741. The van der Waals surface area contributed by atoms with E-state index in [4.69, 9.17) is 27.7 Å². The maximum Gasteiger partial charge on any atom is 0.329 e. The highest BCUT2D eigenvalue weighted by Crippen LogP contribution is 2.27. The van der Waals surface area contributed by atoms with Crippen LogP contribution in [-0.2, 0) is 76.7 Å². The fourth-order valence-electron chi connectivity index (χ4n) is 10.4. The van der Waals surface area contributed by atoms with Crippen LogP contribution in [0.3, 0.4) is 0 Å². The van der Waals surface area contributed by atoms with E-state index in [1.165, 1.54) is 20.8 Å². The van der Waals surface area contributed by atoms with Crippen LogP contribution in [0.2, 0.25) is 0 Å². The molecule has 0 aromatic heterocycles. The van der Waals surface area contributed by atoms with Crippen molar-refractivity contribution in [3.05, 3.63) is 0 Å². The molecule has 2 rings (SSSR count). The summed E-state index contributed by atoms with van der Waals surface area (Å²) in [5, 5.41) is 69.5. The van der Waals surface area contributed by atoms with E-state index in [0.717, 1.165) is 23.8 Å². The number of fused-ring (bicyclic) bond motifs is 1. The highest BCUT2D eigenvalue weighted by molar-refractivity contribution is 6.00. The number of amides is 12. The predicted molar refractivity (Wildman–Crippen MR) is 323 cm³/mol. The van der Waals surface area contributed by atoms with Crippen LogP contribution in [0.5, 0.6) is 0 Å². The number of aliphatic hydroxyl groups excluding tert-OH is 3. The zero-order valence-electron chi connectivity index (χ0n) is 53.7. The fourth-order valence-corrected chi connectivity index (χ4v) is 10.4. The number of hydrogen-bond donors (Lipinski definition) is 16. The molecule has 0 radical (unpaired) electrons. The van der Waals surface area contributed by atoms with Gasteiger partial charge in [-0.1, -0.05) is 48.5 Å². The van der Waals surface area contributed by atoms with Crippen molar-refractivity contribution >= 4 is 88.8 Å². The monoisotopic (exact) mass is 1310 g/mol. The maximum atomic E-state index is 15.3. The van der Waals surface area contributed by atoms with Gasteiger partial charge in [0.15, 0.2) is 6.10 Å². The number of carboxylic acids is 2. The minimum atomic E-state index is -2.29. The first-order valence-electron chi connectivity index (χ1n) is 30.8. The van der Waals surface area contributed by atoms with Gasteiger partial charge in [0.2, 0.25) is 65.0 Å². The molecule has 92 heavy (non-hydrogen) atoms. The summed E-state index contributed by atoms with van der Waals surface area (Å²) in [6, 6.07) is -17.1. The van der Waals surface area contributed by atoms with Gasteiger partial charge < -0.3 is 100 Å². The Balaban J connectivity index is 3.19. The second-order valence-electron chi connectivity index (χ2n) is 24.5. The summed E-state index contributed by atoms with van der Waals surface area (Å²) in [4.78, 5) is 209. The SMILES string of the molecule is CC(C)C[C@@H]1NC(=O)[C@@H](CCCCN)NC(=O)[C@@H]([C@@H](C)O)NC(=O)[C@H](NC(=O)[C@@H](NC(=O)[C@H](O)C(O)CCCC(N)=O)[C@@H](C)[C@@H](C)C(N)=O)[C@@H]([C@H](C)C(C)C)OC(=O)[C@@H]2CCCCN2C(=O)[C@@H](CC(=O)O)NC(=O)[C@H](CC(N)=O)NC(=O)[C@H](CCC(=O)O)N(C)C1=O. The minimum absolute atomic E-state index is 0.0822. The molecule has 16 atom stereocenters. The van der Waals surface area contributed by atoms with E-state index in [9.17, 15) is 83.1 Å². The van der Waals surface area contributed by atoms with Crippen LogP contribution < -0.4 is 60.2 Å². The van der Waals surface area contributed by atoms with Crippen LogP contribution in [0.15, 0.2) is 0 Å². The number of rotatable bonds is 28. The summed E-state index contributed by atoms with van der Waals surface area (Å²) >= 11 is 0. The van der Waals surface area contributed by atoms with Gasteiger partial charge in [-0.25, -0.2) is 4.79 Å². The molecule has 0 aromatic rings. The Hall–Kier alpha value is -8.11. The lowest BCUT2D eigenvalue weighted by atomic mass is 9.85. The highest BCUT2D eigenvalue weighted by atomic mass is 16.5. The molecule has 2 heterocycles. The number of unbranched alkanes of at least 4 members (excludes halogenated alkanes) is 1. The van der Waals surface area contributed by atoms with Gasteiger partial charge >= 0.3 is 17.9 Å². The van der Waals surface area contributed by atoms with Crippen LogP contribution in [-0.4, -0.2) is 223 Å². The lowest BCUT2D eigenvalue weighted by Crippen LogP contribution is -2.65. The van der Waals surface area contributed by atoms with E-state index in [2.05, 4.69) is 37.2 Å². The standard InChI is InChI=1S/C58H97N13O21/c1-26(2)23-34-56(89)70(9)36(19-20-41(76)77)51(84)64-33(24-40(61)75)50(83)66-35(25-42(78)79)57(90)71-22-13-11-16-37(71)58(91)92-47(28(5)27(3)4)45(54(87)68-44(31(8)72)53(86)63-32(49(82)65-34)15-10-12-21-59)69-52(85)43(29(6)30(7)48(62)81)67-55(88)46(80)38(73)17-14-18-39(60)74/h26-38,43-47,72-73,80H,10-25,59H2,1-9H3,(H2,60,74)(H2,61,75)(H2,62,81)(H,63,86)(H,64,84)(H,65,82)(H,66,83)(H,67,88)(H,68,87)(H,69,85)(H,76,77)(H,78,79)/t28-,29+,30-,31-,32-,33+,34+,35-,36+,37+,38?,43+,44-,45-,46-,47-/m1/s1. The first kappa shape index (κ1) is 80.0. The number of hydrogen-bond acceptors (Lipinski definition) is 20. The van der Waals surface area contributed by atoms with Gasteiger partial charge in [-0.15, -0.1) is 0 Å². The Morgan fingerprint density at radius 3 is 1.79 bits per heavy atom. The van der Waals surface area contributed by atoms with Gasteiger partial charge in [0.25, 0.3) is 5.91 Å². The van der Waals surface area contributed by atoms with Crippen LogP contribution in [0.25, 0.3) is 0 Å². The number of piperidine rings is 1. The molecule has 0 saturated carbocycles. The number of likely N-dealkylation sites (N-methyl/N-ethyl adjacent to an activating group) is 1. The lowest BCUT2D eigenvalue weighted by Gasteiger charge is -2.39. The van der Waals surface area contributed by atoms with E-state index < -0.39 is 223 Å². The van der Waals surface area contributed by atoms with Gasteiger partial charge in [-0.3, -0.25) is 67.1 Å². The van der Waals surface area contributed by atoms with Crippen LogP contribution in [0.4, 0.5) is 0 Å². The molecule has 2 aliphatic rings. The summed E-state index contributed by atoms with van der Waals surface area (Å²) in [5.41, 5.74) is 22.1. The van der Waals surface area contributed by atoms with Crippen molar-refractivity contribution in [1.82, 2.24) is 47.0 Å². The number of nitrogens with two attached hydrogens (primary N) is 4. The molecular weight excluding hydrogens is 1210 g/mol. The molecule has 34 heteroatoms. The molecule has 20 N–H and O–H groups in total. The Morgan fingerprint density at radius 1 is 0.652 bits per heavy atom. The number of cyclic esters (lactones) is 1. The molecule has 0 bridgehead atoms. The number of primary amides is 3. The number of carbonyl (C=O) groups excluding carboxylic acids is 13. The van der Waals surface area contributed by atoms with Crippen molar-refractivity contribution in [1.29, 1.82) is 0 Å². The van der Waals surface area contributed by atoms with Crippen molar-refractivity contribution in [2.75, 3.05) is 20.1 Å². The summed E-state index contributed by atoms with van der Waals surface area (Å²) in [7, 11) is 1.08. The molecule has 12 amide bonds. The minimum Gasteiger partial charge on any atom is -0.481 e. The number of ether oxygens (including phenoxy) is 1. The van der Waals surface area contributed by atoms with Gasteiger partial charge in [-0.05, 0) is 101 Å². The number of carbonyl (C=O) groups is 15. The average molecular weight is 1310 g/mol. The zero-order valence-corrected chi connectivity index (χ0v) is 53.7. The number of nitrogens with one attached hydrogen (secondary N) is 7. The summed E-state index contributed by atoms with van der Waals surface area (Å²) in [5.74, 6) is -23.4. The third-order valence-corrected chi connectivity index (χ3v) is 16.4. The van der Waals surface area contributed by atoms with Gasteiger partial charge in [0.1, 0.15) is 60.5 Å². The predicted octanol–water partition coefficient (Wildman–Crippen LogP) is -5.29. The quantitative estimate of drug-likeness (QED) is 0.0257. The molecule has 0 spiro atoms. The summed E-state index contributed by atoms with van der Waals surface area (Å²) in [6.45, 7) is 11.4. The Labute approximate surface area is 533 Å². The van der Waals surface area contributed by atoms with Crippen LogP contribution in [0, 0.1) is 29.6 Å². The zero-order chi connectivity index (χ0) is 70.2. The van der Waals surface area contributed by atoms with E-state index >= 15 is 14.4 Å². The van der Waals surface area contributed by atoms with Crippen molar-refractivity contribution < 1.29 is 102 Å². The number of esters is 1. The van der Waals surface area contributed by atoms with Gasteiger partial charge in [0.05, 0.1) is 25.0 Å². The summed E-state index contributed by atoms with van der Waals surface area (Å²) < 4.78 is 6.20. The van der Waals surface area contributed by atoms with Crippen molar-refractivity contribution in [3.8, 4) is 0 Å². The van der Waals surface area contributed by atoms with E-state index in [-0.39, 0.29) is 77.3 Å². The first-order valence-corrected chi connectivity index (χ1v) is 30.8. The van der Waals surface area contributed by atoms with Gasteiger partial charge in [-0.2, -0.15) is 0 Å². The molecular formula is C58H97N13O21. The average Bonchev–Trinajstić information content (AvgIpc) is 0.900. The third-order valence-electron chi connectivity index (χ3n) is 16.4. The normalized spacial score (nSPS) is 25.2. The van der Waals surface area contributed by atoms with Crippen LogP contribution in [0.1, 0.15) is 145 Å². The topological polar surface area (TPSA) is 561 Å². The molecule has 2 saturated heterocycles. The molecule has 0 aliphatic carbocycles. The Morgan fingerprint density at radius 2 is 1.25 bits per heavy atom. The molecule has 0 aromatic carbocycles. The number of nitrogens with zero attached hydrogens (tertiary/aromatic N) is 2. The second-order valence-corrected chi connectivity index (χ2v) is 24.5. The maximum absolute atomic E-state index is 15.3. The third kappa shape index (κ3) is 24.8. The Bertz CT molecular complexity index is 2640. The molecule has 2 aliphatic heterocycles. The number of aliphatic carboxylic acids is 2. The lowest BCUT2D eigenvalue weighted by molar-refractivity contribution is -0.168. The van der Waals surface area contributed by atoms with Crippen molar-refractivity contribution in [2.24, 2.45) is 52.5 Å². The van der Waals surface area contributed by atoms with Crippen molar-refractivity contribution in [2.45, 2.75) is 224 Å². The van der Waals surface area contributed by atoms with Gasteiger partial charge in [0, 0.05) is 32.4 Å².